The standard InChI is InChI=1S/C36H18O8/c37-33-23-11-9-17(15-25(23)35(39)43-33)41-27-13-14-28(42-18-10-12-24-26(16-18)36(40)44-34(24)38)32-30-20-6-2-1-5-19(20)29(31(27)32)21-7-3-4-8-22(21)30/h1-16,29-30H. The molecule has 10 rings (SSSR count). The van der Waals surface area contributed by atoms with Gasteiger partial charge in [0.1, 0.15) is 23.0 Å². The van der Waals surface area contributed by atoms with Crippen molar-refractivity contribution in [3.63, 3.8) is 0 Å². The molecule has 5 aromatic rings. The van der Waals surface area contributed by atoms with Gasteiger partial charge in [-0.2, -0.15) is 0 Å². The quantitative estimate of drug-likeness (QED) is 0.164. The normalized spacial score (nSPS) is 18.1. The van der Waals surface area contributed by atoms with Crippen molar-refractivity contribution in [2.75, 3.05) is 0 Å². The van der Waals surface area contributed by atoms with E-state index in [9.17, 15) is 19.2 Å². The van der Waals surface area contributed by atoms with Gasteiger partial charge in [0.15, 0.2) is 0 Å². The van der Waals surface area contributed by atoms with Gasteiger partial charge in [-0.3, -0.25) is 0 Å². The van der Waals surface area contributed by atoms with E-state index in [0.29, 0.717) is 23.0 Å². The van der Waals surface area contributed by atoms with Gasteiger partial charge in [-0.1, -0.05) is 48.5 Å². The fourth-order valence-corrected chi connectivity index (χ4v) is 6.91. The number of ether oxygens (including phenoxy) is 4. The van der Waals surface area contributed by atoms with E-state index >= 15 is 0 Å². The second-order valence-electron chi connectivity index (χ2n) is 11.0. The van der Waals surface area contributed by atoms with Crippen molar-refractivity contribution >= 4 is 23.9 Å². The molecule has 0 atom stereocenters. The van der Waals surface area contributed by atoms with Gasteiger partial charge in [0.25, 0.3) is 0 Å². The smallest absolute Gasteiger partial charge is 0.347 e. The van der Waals surface area contributed by atoms with Crippen LogP contribution >= 0.6 is 0 Å². The van der Waals surface area contributed by atoms with Gasteiger partial charge in [0.05, 0.1) is 22.3 Å². The Balaban J connectivity index is 1.22. The monoisotopic (exact) mass is 578 g/mol. The van der Waals surface area contributed by atoms with Gasteiger partial charge in [0, 0.05) is 23.0 Å². The molecule has 0 N–H and O–H groups in total. The predicted octanol–water partition coefficient (Wildman–Crippen LogP) is 6.88. The van der Waals surface area contributed by atoms with Crippen LogP contribution in [0.4, 0.5) is 0 Å². The summed E-state index contributed by atoms with van der Waals surface area (Å²) in [4.78, 5) is 48.5. The van der Waals surface area contributed by atoms with E-state index in [4.69, 9.17) is 18.9 Å². The fourth-order valence-electron chi connectivity index (χ4n) is 6.91. The molecule has 44 heavy (non-hydrogen) atoms. The molecular weight excluding hydrogens is 560 g/mol. The molecule has 2 heterocycles. The van der Waals surface area contributed by atoms with Crippen LogP contribution in [0.1, 0.15) is 86.6 Å². The SMILES string of the molecule is O=C1OC(=O)c2cc(Oc3ccc(Oc4ccc5c(c4)C(=O)OC5=O)c4c3C3c5ccccc5C4c4ccccc43)ccc21. The molecule has 0 radical (unpaired) electrons. The third-order valence-electron chi connectivity index (χ3n) is 8.71. The Morgan fingerprint density at radius 3 is 1.18 bits per heavy atom. The van der Waals surface area contributed by atoms with Crippen LogP contribution in [0.25, 0.3) is 0 Å². The maximum absolute atomic E-state index is 12.3. The van der Waals surface area contributed by atoms with Gasteiger partial charge >= 0.3 is 23.9 Å². The molecule has 2 aliphatic heterocycles. The lowest BCUT2D eigenvalue weighted by Crippen LogP contribution is -2.28. The van der Waals surface area contributed by atoms with Gasteiger partial charge in [0.2, 0.25) is 0 Å². The van der Waals surface area contributed by atoms with E-state index in [-0.39, 0.29) is 34.1 Å². The molecule has 0 amide bonds. The van der Waals surface area contributed by atoms with Crippen molar-refractivity contribution in [3.8, 4) is 23.0 Å². The molecule has 3 aliphatic carbocycles. The van der Waals surface area contributed by atoms with Crippen molar-refractivity contribution in [1.29, 1.82) is 0 Å². The summed E-state index contributed by atoms with van der Waals surface area (Å²) < 4.78 is 22.5. The Morgan fingerprint density at radius 2 is 0.795 bits per heavy atom. The highest BCUT2D eigenvalue weighted by Crippen LogP contribution is 2.60. The molecule has 0 fully saturated rings. The number of carbonyl (C=O) groups is 4. The lowest BCUT2D eigenvalue weighted by molar-refractivity contribution is 0.0425. The zero-order valence-corrected chi connectivity index (χ0v) is 22.7. The molecule has 5 aromatic carbocycles. The molecule has 5 aliphatic rings. The predicted molar refractivity (Wildman–Crippen MR) is 154 cm³/mol. The minimum absolute atomic E-state index is 0.159. The lowest BCUT2D eigenvalue weighted by Gasteiger charge is -2.43. The number of benzene rings is 5. The Bertz CT molecular complexity index is 1980. The summed E-state index contributed by atoms with van der Waals surface area (Å²) in [6.45, 7) is 0. The summed E-state index contributed by atoms with van der Waals surface area (Å²) in [7, 11) is 0. The highest BCUT2D eigenvalue weighted by Gasteiger charge is 2.45. The highest BCUT2D eigenvalue weighted by molar-refractivity contribution is 6.15. The lowest BCUT2D eigenvalue weighted by atomic mass is 9.60. The average molecular weight is 579 g/mol. The van der Waals surface area contributed by atoms with Gasteiger partial charge in [-0.25, -0.2) is 19.2 Å². The van der Waals surface area contributed by atoms with Crippen LogP contribution in [0.3, 0.4) is 0 Å². The largest absolute Gasteiger partial charge is 0.457 e. The Kier molecular flexibility index (Phi) is 4.88. The van der Waals surface area contributed by atoms with Crippen LogP contribution in [0.5, 0.6) is 23.0 Å². The van der Waals surface area contributed by atoms with Gasteiger partial charge < -0.3 is 18.9 Å². The van der Waals surface area contributed by atoms with Crippen molar-refractivity contribution in [1.82, 2.24) is 0 Å². The maximum Gasteiger partial charge on any atom is 0.347 e. The Hall–Kier alpha value is -6.02. The molecule has 210 valence electrons. The van der Waals surface area contributed by atoms with Crippen molar-refractivity contribution in [2.24, 2.45) is 0 Å². The molecule has 8 heteroatoms. The van der Waals surface area contributed by atoms with Crippen LogP contribution in [0, 0.1) is 0 Å². The van der Waals surface area contributed by atoms with Crippen molar-refractivity contribution in [3.05, 3.63) is 153 Å². The Labute approximate surface area is 249 Å². The third kappa shape index (κ3) is 3.33. The van der Waals surface area contributed by atoms with Gasteiger partial charge in [-0.15, -0.1) is 0 Å². The first-order valence-corrected chi connectivity index (χ1v) is 14.0. The summed E-state index contributed by atoms with van der Waals surface area (Å²) in [5, 5.41) is 0. The van der Waals surface area contributed by atoms with E-state index in [2.05, 4.69) is 24.3 Å². The number of cyclic esters (lactones) is 4. The zero-order chi connectivity index (χ0) is 29.7. The number of esters is 4. The van der Waals surface area contributed by atoms with Gasteiger partial charge in [-0.05, 0) is 70.8 Å². The van der Waals surface area contributed by atoms with Crippen LogP contribution in [-0.4, -0.2) is 23.9 Å². The second-order valence-corrected chi connectivity index (χ2v) is 11.0. The number of hydrogen-bond acceptors (Lipinski definition) is 8. The van der Waals surface area contributed by atoms with E-state index < -0.39 is 23.9 Å². The first-order valence-electron chi connectivity index (χ1n) is 14.0. The van der Waals surface area contributed by atoms with E-state index in [1.54, 1.807) is 12.1 Å². The molecule has 0 aromatic heterocycles. The number of carbonyl (C=O) groups excluding carboxylic acids is 4. The van der Waals surface area contributed by atoms with Crippen LogP contribution in [-0.2, 0) is 9.47 Å². The van der Waals surface area contributed by atoms with Crippen LogP contribution < -0.4 is 9.47 Å². The topological polar surface area (TPSA) is 105 Å². The molecule has 0 spiro atoms. The third-order valence-corrected chi connectivity index (χ3v) is 8.71. The van der Waals surface area contributed by atoms with Crippen molar-refractivity contribution in [2.45, 2.75) is 11.8 Å². The first-order chi connectivity index (χ1) is 21.5. The summed E-state index contributed by atoms with van der Waals surface area (Å²) in [5.41, 5.74) is 7.20. The number of fused-ring (bicyclic) bond motifs is 2. The zero-order valence-electron chi connectivity index (χ0n) is 22.7. The minimum Gasteiger partial charge on any atom is -0.457 e. The van der Waals surface area contributed by atoms with E-state index in [1.807, 2.05) is 36.4 Å². The van der Waals surface area contributed by atoms with E-state index in [1.165, 1.54) is 24.3 Å². The fraction of sp³-hybridized carbons (Fsp3) is 0.0556. The molecular formula is C36H18O8. The second kappa shape index (κ2) is 8.75. The minimum atomic E-state index is -0.705. The molecule has 2 bridgehead atoms. The molecule has 8 nitrogen and oxygen atoms in total. The molecule has 0 saturated heterocycles. The van der Waals surface area contributed by atoms with Crippen molar-refractivity contribution < 1.29 is 38.1 Å². The number of hydrogen-bond donors (Lipinski definition) is 0. The maximum atomic E-state index is 12.3. The Morgan fingerprint density at radius 1 is 0.432 bits per heavy atom. The summed E-state index contributed by atoms with van der Waals surface area (Å²) in [6.07, 6.45) is 0. The summed E-state index contributed by atoms with van der Waals surface area (Å²) >= 11 is 0. The number of rotatable bonds is 4. The summed E-state index contributed by atoms with van der Waals surface area (Å²) in [5.74, 6) is -1.18. The van der Waals surface area contributed by atoms with E-state index in [0.717, 1.165) is 33.4 Å². The first kappa shape index (κ1) is 24.6. The highest BCUT2D eigenvalue weighted by atomic mass is 16.6. The van der Waals surface area contributed by atoms with Crippen LogP contribution in [0.15, 0.2) is 97.1 Å². The molecule has 0 saturated carbocycles. The average Bonchev–Trinajstić information content (AvgIpc) is 3.49. The van der Waals surface area contributed by atoms with Crippen LogP contribution in [0.2, 0.25) is 0 Å². The molecule has 0 unspecified atom stereocenters. The summed E-state index contributed by atoms with van der Waals surface area (Å²) in [6, 6.07) is 29.6.